The highest BCUT2D eigenvalue weighted by molar-refractivity contribution is 9.10. The molecule has 1 N–H and O–H groups in total. The molecule has 0 radical (unpaired) electrons. The molecule has 0 bridgehead atoms. The third-order valence-corrected chi connectivity index (χ3v) is 2.89. The zero-order valence-electron chi connectivity index (χ0n) is 8.57. The SMILES string of the molecule is C#CC(O)c1cc(Br)c2c(c1)OCCCO2. The summed E-state index contributed by atoms with van der Waals surface area (Å²) in [6.45, 7) is 1.23. The van der Waals surface area contributed by atoms with Gasteiger partial charge < -0.3 is 14.6 Å². The summed E-state index contributed by atoms with van der Waals surface area (Å²) in [5.74, 6) is 3.56. The van der Waals surface area contributed by atoms with Crippen molar-refractivity contribution < 1.29 is 14.6 Å². The van der Waals surface area contributed by atoms with Gasteiger partial charge >= 0.3 is 0 Å². The number of rotatable bonds is 1. The molecule has 1 atom stereocenters. The van der Waals surface area contributed by atoms with Crippen LogP contribution in [0.15, 0.2) is 16.6 Å². The lowest BCUT2D eigenvalue weighted by molar-refractivity contribution is 0.237. The Hall–Kier alpha value is -1.18. The topological polar surface area (TPSA) is 38.7 Å². The van der Waals surface area contributed by atoms with Gasteiger partial charge in [-0.1, -0.05) is 5.92 Å². The fourth-order valence-electron chi connectivity index (χ4n) is 1.50. The predicted molar refractivity (Wildman–Crippen MR) is 63.5 cm³/mol. The fourth-order valence-corrected chi connectivity index (χ4v) is 2.08. The maximum Gasteiger partial charge on any atom is 0.175 e. The Bertz CT molecular complexity index is 437. The van der Waals surface area contributed by atoms with Crippen molar-refractivity contribution in [3.05, 3.63) is 22.2 Å². The van der Waals surface area contributed by atoms with Gasteiger partial charge in [0.2, 0.25) is 0 Å². The van der Waals surface area contributed by atoms with Crippen LogP contribution in [0.3, 0.4) is 0 Å². The van der Waals surface area contributed by atoms with Gasteiger partial charge in [-0.05, 0) is 33.6 Å². The van der Waals surface area contributed by atoms with E-state index in [1.54, 1.807) is 12.1 Å². The van der Waals surface area contributed by atoms with E-state index in [-0.39, 0.29) is 0 Å². The van der Waals surface area contributed by atoms with Gasteiger partial charge in [0.25, 0.3) is 0 Å². The van der Waals surface area contributed by atoms with E-state index in [1.165, 1.54) is 0 Å². The fraction of sp³-hybridized carbons (Fsp3) is 0.333. The number of benzene rings is 1. The summed E-state index contributed by atoms with van der Waals surface area (Å²) in [6, 6.07) is 3.47. The van der Waals surface area contributed by atoms with E-state index in [9.17, 15) is 5.11 Å². The molecule has 16 heavy (non-hydrogen) atoms. The van der Waals surface area contributed by atoms with Gasteiger partial charge in [-0.25, -0.2) is 0 Å². The van der Waals surface area contributed by atoms with Crippen LogP contribution in [0.5, 0.6) is 11.5 Å². The number of ether oxygens (including phenoxy) is 2. The van der Waals surface area contributed by atoms with Crippen molar-refractivity contribution in [2.45, 2.75) is 12.5 Å². The van der Waals surface area contributed by atoms with E-state index >= 15 is 0 Å². The smallest absolute Gasteiger partial charge is 0.175 e. The highest BCUT2D eigenvalue weighted by Crippen LogP contribution is 2.39. The van der Waals surface area contributed by atoms with E-state index in [1.807, 2.05) is 0 Å². The second-order valence-corrected chi connectivity index (χ2v) is 4.30. The Balaban J connectivity index is 2.44. The first-order valence-electron chi connectivity index (χ1n) is 4.95. The molecule has 3 nitrogen and oxygen atoms in total. The second kappa shape index (κ2) is 4.77. The molecule has 1 aliphatic rings. The van der Waals surface area contributed by atoms with Crippen LogP contribution < -0.4 is 9.47 Å². The molecule has 1 unspecified atom stereocenters. The third-order valence-electron chi connectivity index (χ3n) is 2.30. The van der Waals surface area contributed by atoms with Gasteiger partial charge in [0.15, 0.2) is 11.5 Å². The maximum absolute atomic E-state index is 9.57. The van der Waals surface area contributed by atoms with E-state index in [0.717, 1.165) is 10.9 Å². The average Bonchev–Trinajstić information content (AvgIpc) is 2.53. The first-order valence-corrected chi connectivity index (χ1v) is 5.75. The van der Waals surface area contributed by atoms with Crippen LogP contribution >= 0.6 is 15.9 Å². The van der Waals surface area contributed by atoms with E-state index in [0.29, 0.717) is 30.3 Å². The summed E-state index contributed by atoms with van der Waals surface area (Å²) >= 11 is 3.38. The highest BCUT2D eigenvalue weighted by atomic mass is 79.9. The molecule has 0 saturated carbocycles. The van der Waals surface area contributed by atoms with Crippen molar-refractivity contribution in [2.75, 3.05) is 13.2 Å². The van der Waals surface area contributed by atoms with Crippen LogP contribution in [-0.2, 0) is 0 Å². The van der Waals surface area contributed by atoms with E-state index in [4.69, 9.17) is 15.9 Å². The molecule has 1 aromatic rings. The number of aliphatic hydroxyl groups excluding tert-OH is 1. The normalized spacial score (nSPS) is 16.1. The minimum absolute atomic E-state index is 0.606. The molecular formula is C12H11BrO3. The van der Waals surface area contributed by atoms with E-state index in [2.05, 4.69) is 21.9 Å². The Morgan fingerprint density at radius 2 is 2.12 bits per heavy atom. The van der Waals surface area contributed by atoms with Gasteiger partial charge in [-0.15, -0.1) is 6.42 Å². The molecule has 1 heterocycles. The standard InChI is InChI=1S/C12H11BrO3/c1-2-10(14)8-6-9(13)12-11(7-8)15-4-3-5-16-12/h1,6-7,10,14H,3-5H2. The average molecular weight is 283 g/mol. The van der Waals surface area contributed by atoms with Crippen LogP contribution in [0, 0.1) is 12.3 Å². The molecule has 84 valence electrons. The number of terminal acetylenes is 1. The van der Waals surface area contributed by atoms with Crippen LogP contribution in [0.4, 0.5) is 0 Å². The molecule has 1 aromatic carbocycles. The zero-order chi connectivity index (χ0) is 11.5. The monoisotopic (exact) mass is 282 g/mol. The van der Waals surface area contributed by atoms with Gasteiger partial charge in [-0.2, -0.15) is 0 Å². The lowest BCUT2D eigenvalue weighted by atomic mass is 10.1. The van der Waals surface area contributed by atoms with Crippen LogP contribution in [0.1, 0.15) is 18.1 Å². The maximum atomic E-state index is 9.57. The molecule has 2 rings (SSSR count). The second-order valence-electron chi connectivity index (χ2n) is 3.45. The highest BCUT2D eigenvalue weighted by Gasteiger charge is 2.17. The van der Waals surface area contributed by atoms with Gasteiger partial charge in [0.05, 0.1) is 17.7 Å². The van der Waals surface area contributed by atoms with Gasteiger partial charge in [0.1, 0.15) is 6.10 Å². The summed E-state index contributed by atoms with van der Waals surface area (Å²) in [5, 5.41) is 9.57. The van der Waals surface area contributed by atoms with Crippen molar-refractivity contribution in [1.29, 1.82) is 0 Å². The number of hydrogen-bond acceptors (Lipinski definition) is 3. The van der Waals surface area contributed by atoms with Crippen LogP contribution in [0.2, 0.25) is 0 Å². The number of halogens is 1. The molecule has 0 aromatic heterocycles. The predicted octanol–water partition coefficient (Wildman–Crippen LogP) is 2.28. The summed E-state index contributed by atoms with van der Waals surface area (Å²) in [5.41, 5.74) is 0.624. The van der Waals surface area contributed by atoms with Crippen molar-refractivity contribution in [2.24, 2.45) is 0 Å². The molecule has 0 spiro atoms. The largest absolute Gasteiger partial charge is 0.490 e. The molecule has 0 amide bonds. The third kappa shape index (κ3) is 2.16. The first-order chi connectivity index (χ1) is 7.72. The van der Waals surface area contributed by atoms with Crippen LogP contribution in [-0.4, -0.2) is 18.3 Å². The molecule has 1 aliphatic heterocycles. The Morgan fingerprint density at radius 3 is 2.88 bits per heavy atom. The van der Waals surface area contributed by atoms with Crippen molar-refractivity contribution in [3.63, 3.8) is 0 Å². The van der Waals surface area contributed by atoms with Crippen molar-refractivity contribution >= 4 is 15.9 Å². The van der Waals surface area contributed by atoms with Crippen molar-refractivity contribution in [1.82, 2.24) is 0 Å². The Morgan fingerprint density at radius 1 is 1.38 bits per heavy atom. The Kier molecular flexibility index (Phi) is 3.37. The lowest BCUT2D eigenvalue weighted by Crippen LogP contribution is -1.98. The molecule has 0 aliphatic carbocycles. The minimum atomic E-state index is -0.923. The van der Waals surface area contributed by atoms with Gasteiger partial charge in [0, 0.05) is 6.42 Å². The number of hydrogen-bond donors (Lipinski definition) is 1. The molecule has 0 saturated heterocycles. The molecule has 0 fully saturated rings. The molecular weight excluding hydrogens is 272 g/mol. The van der Waals surface area contributed by atoms with Crippen LogP contribution in [0.25, 0.3) is 0 Å². The summed E-state index contributed by atoms with van der Waals surface area (Å²) < 4.78 is 11.8. The summed E-state index contributed by atoms with van der Waals surface area (Å²) in [7, 11) is 0. The van der Waals surface area contributed by atoms with E-state index < -0.39 is 6.10 Å². The zero-order valence-corrected chi connectivity index (χ0v) is 10.2. The number of fused-ring (bicyclic) bond motifs is 1. The quantitative estimate of drug-likeness (QED) is 0.804. The lowest BCUT2D eigenvalue weighted by Gasteiger charge is -2.12. The van der Waals surface area contributed by atoms with Crippen molar-refractivity contribution in [3.8, 4) is 23.8 Å². The molecule has 4 heteroatoms. The first kappa shape index (κ1) is 11.3. The minimum Gasteiger partial charge on any atom is -0.490 e. The summed E-state index contributed by atoms with van der Waals surface area (Å²) in [4.78, 5) is 0. The Labute approximate surface area is 103 Å². The summed E-state index contributed by atoms with van der Waals surface area (Å²) in [6.07, 6.45) is 5.09. The number of aliphatic hydroxyl groups is 1. The van der Waals surface area contributed by atoms with Gasteiger partial charge in [-0.3, -0.25) is 0 Å².